The van der Waals surface area contributed by atoms with E-state index in [0.29, 0.717) is 26.1 Å². The average molecular weight is 383 g/mol. The maximum Gasteiger partial charge on any atom is 0.321 e. The second-order valence-corrected chi connectivity index (χ2v) is 7.59. The maximum atomic E-state index is 12.5. The van der Waals surface area contributed by atoms with E-state index in [4.69, 9.17) is 4.74 Å². The Hall–Kier alpha value is -2.41. The van der Waals surface area contributed by atoms with E-state index in [1.165, 1.54) is 5.56 Å². The van der Waals surface area contributed by atoms with Crippen molar-refractivity contribution in [3.8, 4) is 0 Å². The van der Waals surface area contributed by atoms with Gasteiger partial charge in [-0.15, -0.1) is 0 Å². The fourth-order valence-corrected chi connectivity index (χ4v) is 3.63. The number of urea groups is 1. The van der Waals surface area contributed by atoms with Gasteiger partial charge < -0.3 is 20.1 Å². The standard InChI is InChI=1S/C22H29N3O3/c1-24(21(26)23-20-10-8-19(9-11-20)15-28-2)16-22(27)12-13-25(17-22)14-18-6-4-3-5-7-18/h3-11,27H,12-17H2,1-2H3,(H,23,26)/t22-/m0/s1. The van der Waals surface area contributed by atoms with Crippen molar-refractivity contribution in [1.29, 1.82) is 0 Å². The van der Waals surface area contributed by atoms with Gasteiger partial charge in [-0.1, -0.05) is 42.5 Å². The number of hydrogen-bond acceptors (Lipinski definition) is 4. The summed E-state index contributed by atoms with van der Waals surface area (Å²) in [5, 5.41) is 13.8. The molecule has 1 saturated heterocycles. The van der Waals surface area contributed by atoms with E-state index in [-0.39, 0.29) is 6.03 Å². The van der Waals surface area contributed by atoms with E-state index in [0.717, 1.165) is 24.3 Å². The first kappa shape index (κ1) is 20.3. The molecule has 2 aromatic carbocycles. The molecule has 2 amide bonds. The summed E-state index contributed by atoms with van der Waals surface area (Å²) in [6.45, 7) is 3.03. The molecule has 6 nitrogen and oxygen atoms in total. The topological polar surface area (TPSA) is 65.0 Å². The highest BCUT2D eigenvalue weighted by Gasteiger charge is 2.37. The minimum absolute atomic E-state index is 0.227. The van der Waals surface area contributed by atoms with Crippen LogP contribution in [0.1, 0.15) is 17.5 Å². The number of nitrogens with one attached hydrogen (secondary N) is 1. The number of nitrogens with zero attached hydrogens (tertiary/aromatic N) is 2. The Bertz CT molecular complexity index is 766. The van der Waals surface area contributed by atoms with Crippen LogP contribution in [0.25, 0.3) is 0 Å². The maximum absolute atomic E-state index is 12.5. The number of benzene rings is 2. The summed E-state index contributed by atoms with van der Waals surface area (Å²) < 4.78 is 5.09. The Morgan fingerprint density at radius 2 is 1.89 bits per heavy atom. The molecule has 0 aliphatic carbocycles. The van der Waals surface area contributed by atoms with Gasteiger partial charge in [-0.25, -0.2) is 4.79 Å². The zero-order valence-electron chi connectivity index (χ0n) is 16.6. The largest absolute Gasteiger partial charge is 0.387 e. The Kier molecular flexibility index (Phi) is 6.67. The lowest BCUT2D eigenvalue weighted by molar-refractivity contribution is 0.0275. The van der Waals surface area contributed by atoms with Gasteiger partial charge in [0.05, 0.1) is 18.8 Å². The van der Waals surface area contributed by atoms with E-state index in [1.807, 2.05) is 42.5 Å². The first-order valence-electron chi connectivity index (χ1n) is 9.56. The molecule has 1 aliphatic heterocycles. The number of methoxy groups -OCH3 is 1. The molecule has 150 valence electrons. The van der Waals surface area contributed by atoms with Gasteiger partial charge in [0.1, 0.15) is 0 Å². The van der Waals surface area contributed by atoms with Crippen molar-refractivity contribution in [3.63, 3.8) is 0 Å². The summed E-state index contributed by atoms with van der Waals surface area (Å²) in [6, 6.07) is 17.6. The molecule has 0 saturated carbocycles. The van der Waals surface area contributed by atoms with Crippen molar-refractivity contribution >= 4 is 11.7 Å². The molecule has 0 bridgehead atoms. The van der Waals surface area contributed by atoms with Gasteiger partial charge in [-0.3, -0.25) is 4.90 Å². The smallest absolute Gasteiger partial charge is 0.321 e. The summed E-state index contributed by atoms with van der Waals surface area (Å²) in [7, 11) is 3.37. The third-order valence-electron chi connectivity index (χ3n) is 5.05. The van der Waals surface area contributed by atoms with Crippen LogP contribution in [0.15, 0.2) is 54.6 Å². The molecule has 2 aromatic rings. The molecular formula is C22H29N3O3. The zero-order chi connectivity index (χ0) is 20.0. The minimum Gasteiger partial charge on any atom is -0.387 e. The number of anilines is 1. The van der Waals surface area contributed by atoms with E-state index in [9.17, 15) is 9.90 Å². The Morgan fingerprint density at radius 1 is 1.18 bits per heavy atom. The number of rotatable bonds is 7. The van der Waals surface area contributed by atoms with Crippen LogP contribution in [0, 0.1) is 0 Å². The molecule has 0 unspecified atom stereocenters. The predicted molar refractivity (Wildman–Crippen MR) is 110 cm³/mol. The SMILES string of the molecule is COCc1ccc(NC(=O)N(C)C[C@@]2(O)CCN(Cc3ccccc3)C2)cc1. The number of aliphatic hydroxyl groups is 1. The average Bonchev–Trinajstić information content (AvgIpc) is 3.04. The summed E-state index contributed by atoms with van der Waals surface area (Å²) in [4.78, 5) is 16.3. The fraction of sp³-hybridized carbons (Fsp3) is 0.409. The highest BCUT2D eigenvalue weighted by molar-refractivity contribution is 5.89. The van der Waals surface area contributed by atoms with Gasteiger partial charge in [-0.2, -0.15) is 0 Å². The van der Waals surface area contributed by atoms with Crippen LogP contribution in [-0.2, 0) is 17.9 Å². The van der Waals surface area contributed by atoms with Crippen LogP contribution >= 0.6 is 0 Å². The first-order valence-corrected chi connectivity index (χ1v) is 9.56. The van der Waals surface area contributed by atoms with Crippen molar-refractivity contribution in [1.82, 2.24) is 9.80 Å². The lowest BCUT2D eigenvalue weighted by atomic mass is 10.0. The lowest BCUT2D eigenvalue weighted by Crippen LogP contribution is -2.46. The number of carbonyl (C=O) groups is 1. The molecular weight excluding hydrogens is 354 g/mol. The van der Waals surface area contributed by atoms with Crippen LogP contribution in [-0.4, -0.2) is 60.3 Å². The van der Waals surface area contributed by atoms with E-state index < -0.39 is 5.60 Å². The van der Waals surface area contributed by atoms with Crippen LogP contribution in [0.5, 0.6) is 0 Å². The van der Waals surface area contributed by atoms with Crippen LogP contribution in [0.2, 0.25) is 0 Å². The summed E-state index contributed by atoms with van der Waals surface area (Å²) in [5.41, 5.74) is 2.12. The number of likely N-dealkylation sites (N-methyl/N-ethyl adjacent to an activating group) is 1. The first-order chi connectivity index (χ1) is 13.5. The third-order valence-corrected chi connectivity index (χ3v) is 5.05. The van der Waals surface area contributed by atoms with E-state index in [2.05, 4.69) is 22.3 Å². The Morgan fingerprint density at radius 3 is 2.57 bits per heavy atom. The molecule has 28 heavy (non-hydrogen) atoms. The van der Waals surface area contributed by atoms with Gasteiger partial charge in [-0.05, 0) is 29.7 Å². The fourth-order valence-electron chi connectivity index (χ4n) is 3.63. The number of ether oxygens (including phenoxy) is 1. The Balaban J connectivity index is 1.50. The number of carbonyl (C=O) groups excluding carboxylic acids is 1. The molecule has 1 atom stereocenters. The quantitative estimate of drug-likeness (QED) is 0.772. The van der Waals surface area contributed by atoms with Crippen molar-refractivity contribution < 1.29 is 14.6 Å². The van der Waals surface area contributed by atoms with Crippen LogP contribution < -0.4 is 5.32 Å². The van der Waals surface area contributed by atoms with Gasteiger partial charge in [0.15, 0.2) is 0 Å². The number of likely N-dealkylation sites (tertiary alicyclic amines) is 1. The van der Waals surface area contributed by atoms with Crippen LogP contribution in [0.4, 0.5) is 10.5 Å². The monoisotopic (exact) mass is 383 g/mol. The van der Waals surface area contributed by atoms with Crippen LogP contribution in [0.3, 0.4) is 0 Å². The predicted octanol–water partition coefficient (Wildman–Crippen LogP) is 2.93. The zero-order valence-corrected chi connectivity index (χ0v) is 16.6. The molecule has 0 spiro atoms. The molecule has 0 aromatic heterocycles. The molecule has 3 rings (SSSR count). The Labute approximate surface area is 166 Å². The minimum atomic E-state index is -0.886. The summed E-state index contributed by atoms with van der Waals surface area (Å²) in [6.07, 6.45) is 0.656. The second kappa shape index (κ2) is 9.19. The van der Waals surface area contributed by atoms with Gasteiger partial charge in [0, 0.05) is 39.5 Å². The summed E-state index contributed by atoms with van der Waals surface area (Å²) in [5.74, 6) is 0. The highest BCUT2D eigenvalue weighted by Crippen LogP contribution is 2.24. The van der Waals surface area contributed by atoms with E-state index >= 15 is 0 Å². The van der Waals surface area contributed by atoms with Crippen molar-refractivity contribution in [2.24, 2.45) is 0 Å². The molecule has 6 heteroatoms. The third kappa shape index (κ3) is 5.55. The summed E-state index contributed by atoms with van der Waals surface area (Å²) >= 11 is 0. The number of β-amino-alcohol motifs (C(OH)–C–C–N with tert-alkyl or cyclic N) is 1. The number of hydrogen-bond donors (Lipinski definition) is 2. The molecule has 1 fully saturated rings. The van der Waals surface area contributed by atoms with Gasteiger partial charge in [0.25, 0.3) is 0 Å². The highest BCUT2D eigenvalue weighted by atomic mass is 16.5. The van der Waals surface area contributed by atoms with Gasteiger partial charge in [0.2, 0.25) is 0 Å². The van der Waals surface area contributed by atoms with Crippen molar-refractivity contribution in [2.45, 2.75) is 25.2 Å². The van der Waals surface area contributed by atoms with Gasteiger partial charge >= 0.3 is 6.03 Å². The van der Waals surface area contributed by atoms with Crippen molar-refractivity contribution in [3.05, 3.63) is 65.7 Å². The second-order valence-electron chi connectivity index (χ2n) is 7.59. The normalized spacial score (nSPS) is 19.5. The van der Waals surface area contributed by atoms with E-state index in [1.54, 1.807) is 19.1 Å². The lowest BCUT2D eigenvalue weighted by Gasteiger charge is -2.29. The molecule has 2 N–H and O–H groups in total. The van der Waals surface area contributed by atoms with Crippen molar-refractivity contribution in [2.75, 3.05) is 39.1 Å². The number of amides is 2. The molecule has 1 aliphatic rings. The molecule has 1 heterocycles. The molecule has 0 radical (unpaired) electrons.